The average Bonchev–Trinajstić information content (AvgIpc) is 2.54. The number of carbonyl (C=O) groups is 2. The molecule has 0 unspecified atom stereocenters. The van der Waals surface area contributed by atoms with Crippen LogP contribution in [0.15, 0.2) is 48.5 Å². The Morgan fingerprint density at radius 1 is 1.00 bits per heavy atom. The lowest BCUT2D eigenvalue weighted by molar-refractivity contribution is -0.114. The monoisotopic (exact) mass is 312 g/mol. The zero-order valence-electron chi connectivity index (χ0n) is 13.3. The molecule has 2 N–H and O–H groups in total. The molecule has 0 fully saturated rings. The molecule has 0 aliphatic heterocycles. The smallest absolute Gasteiger partial charge is 0.255 e. The molecule has 0 saturated carbocycles. The SMILES string of the molecule is CCCOc1cccc(C(=O)Nc2ccc(NC(C)=O)cc2)c1. The quantitative estimate of drug-likeness (QED) is 0.855. The first kappa shape index (κ1) is 16.5. The Kier molecular flexibility index (Phi) is 5.74. The van der Waals surface area contributed by atoms with E-state index in [4.69, 9.17) is 4.74 Å². The first-order valence-electron chi connectivity index (χ1n) is 7.50. The second-order valence-corrected chi connectivity index (χ2v) is 5.09. The van der Waals surface area contributed by atoms with E-state index in [-0.39, 0.29) is 11.8 Å². The molecule has 0 aliphatic carbocycles. The van der Waals surface area contributed by atoms with Crippen LogP contribution < -0.4 is 15.4 Å². The van der Waals surface area contributed by atoms with Crippen LogP contribution in [-0.2, 0) is 4.79 Å². The van der Waals surface area contributed by atoms with Gasteiger partial charge in [0.25, 0.3) is 5.91 Å². The van der Waals surface area contributed by atoms with E-state index < -0.39 is 0 Å². The van der Waals surface area contributed by atoms with Gasteiger partial charge in [-0.15, -0.1) is 0 Å². The molecule has 2 rings (SSSR count). The van der Waals surface area contributed by atoms with Gasteiger partial charge in [0.1, 0.15) is 5.75 Å². The molecule has 5 heteroatoms. The molecule has 0 saturated heterocycles. The van der Waals surface area contributed by atoms with E-state index in [0.717, 1.165) is 6.42 Å². The lowest BCUT2D eigenvalue weighted by atomic mass is 10.2. The van der Waals surface area contributed by atoms with Crippen LogP contribution in [0.25, 0.3) is 0 Å². The summed E-state index contributed by atoms with van der Waals surface area (Å²) >= 11 is 0. The second kappa shape index (κ2) is 7.98. The molecule has 2 aromatic carbocycles. The number of nitrogens with one attached hydrogen (secondary N) is 2. The third-order valence-electron chi connectivity index (χ3n) is 3.03. The zero-order chi connectivity index (χ0) is 16.7. The summed E-state index contributed by atoms with van der Waals surface area (Å²) in [5, 5.41) is 5.49. The van der Waals surface area contributed by atoms with Gasteiger partial charge < -0.3 is 15.4 Å². The van der Waals surface area contributed by atoms with Crippen LogP contribution in [-0.4, -0.2) is 18.4 Å². The minimum atomic E-state index is -0.209. The molecule has 0 spiro atoms. The summed E-state index contributed by atoms with van der Waals surface area (Å²) in [5.41, 5.74) is 1.87. The maximum atomic E-state index is 12.3. The van der Waals surface area contributed by atoms with Gasteiger partial charge in [-0.1, -0.05) is 13.0 Å². The van der Waals surface area contributed by atoms with Gasteiger partial charge in [0.2, 0.25) is 5.91 Å². The highest BCUT2D eigenvalue weighted by atomic mass is 16.5. The highest BCUT2D eigenvalue weighted by Gasteiger charge is 2.07. The van der Waals surface area contributed by atoms with E-state index in [1.165, 1.54) is 6.92 Å². The fourth-order valence-electron chi connectivity index (χ4n) is 1.99. The maximum absolute atomic E-state index is 12.3. The van der Waals surface area contributed by atoms with Gasteiger partial charge >= 0.3 is 0 Å². The molecular formula is C18H20N2O3. The van der Waals surface area contributed by atoms with Crippen LogP contribution in [0.3, 0.4) is 0 Å². The fourth-order valence-corrected chi connectivity index (χ4v) is 1.99. The topological polar surface area (TPSA) is 67.4 Å². The number of hydrogen-bond acceptors (Lipinski definition) is 3. The van der Waals surface area contributed by atoms with Crippen molar-refractivity contribution in [2.75, 3.05) is 17.2 Å². The molecule has 0 aromatic heterocycles. The number of benzene rings is 2. The van der Waals surface area contributed by atoms with E-state index in [1.807, 2.05) is 13.0 Å². The van der Waals surface area contributed by atoms with Gasteiger partial charge in [-0.3, -0.25) is 9.59 Å². The Bertz CT molecular complexity index is 681. The van der Waals surface area contributed by atoms with E-state index in [9.17, 15) is 9.59 Å². The summed E-state index contributed by atoms with van der Waals surface area (Å²) in [7, 11) is 0. The van der Waals surface area contributed by atoms with Crippen molar-refractivity contribution < 1.29 is 14.3 Å². The molecule has 2 amide bonds. The van der Waals surface area contributed by atoms with Crippen molar-refractivity contribution in [2.45, 2.75) is 20.3 Å². The Morgan fingerprint density at radius 2 is 1.65 bits per heavy atom. The minimum Gasteiger partial charge on any atom is -0.494 e. The lowest BCUT2D eigenvalue weighted by Crippen LogP contribution is -2.12. The summed E-state index contributed by atoms with van der Waals surface area (Å²) < 4.78 is 5.53. The third kappa shape index (κ3) is 5.14. The highest BCUT2D eigenvalue weighted by molar-refractivity contribution is 6.04. The first-order chi connectivity index (χ1) is 11.1. The molecule has 0 radical (unpaired) electrons. The van der Waals surface area contributed by atoms with Crippen molar-refractivity contribution >= 4 is 23.2 Å². The number of rotatable bonds is 6. The molecule has 23 heavy (non-hydrogen) atoms. The molecule has 5 nitrogen and oxygen atoms in total. The third-order valence-corrected chi connectivity index (χ3v) is 3.03. The molecule has 0 aliphatic rings. The number of anilines is 2. The summed E-state index contributed by atoms with van der Waals surface area (Å²) in [6.45, 7) is 4.10. The summed E-state index contributed by atoms with van der Waals surface area (Å²) in [5.74, 6) is 0.338. The molecular weight excluding hydrogens is 292 g/mol. The Labute approximate surface area is 135 Å². The van der Waals surface area contributed by atoms with Crippen LogP contribution in [0, 0.1) is 0 Å². The molecule has 0 heterocycles. The predicted molar refractivity (Wildman–Crippen MR) is 90.9 cm³/mol. The van der Waals surface area contributed by atoms with Crippen LogP contribution in [0.4, 0.5) is 11.4 Å². The Morgan fingerprint density at radius 3 is 2.26 bits per heavy atom. The Balaban J connectivity index is 2.02. The van der Waals surface area contributed by atoms with E-state index in [2.05, 4.69) is 10.6 Å². The normalized spacial score (nSPS) is 10.0. The van der Waals surface area contributed by atoms with Crippen LogP contribution in [0.1, 0.15) is 30.6 Å². The molecule has 0 bridgehead atoms. The van der Waals surface area contributed by atoms with Crippen molar-refractivity contribution in [1.29, 1.82) is 0 Å². The van der Waals surface area contributed by atoms with Gasteiger partial charge in [-0.05, 0) is 48.9 Å². The van der Waals surface area contributed by atoms with Crippen LogP contribution in [0.5, 0.6) is 5.75 Å². The molecule has 120 valence electrons. The van der Waals surface area contributed by atoms with Crippen molar-refractivity contribution in [3.8, 4) is 5.75 Å². The number of amides is 2. The highest BCUT2D eigenvalue weighted by Crippen LogP contribution is 2.17. The number of ether oxygens (including phenoxy) is 1. The van der Waals surface area contributed by atoms with Gasteiger partial charge in [0.05, 0.1) is 6.61 Å². The van der Waals surface area contributed by atoms with E-state index in [0.29, 0.717) is 29.3 Å². The minimum absolute atomic E-state index is 0.134. The van der Waals surface area contributed by atoms with Gasteiger partial charge in [-0.25, -0.2) is 0 Å². The zero-order valence-corrected chi connectivity index (χ0v) is 13.3. The molecule has 0 atom stereocenters. The average molecular weight is 312 g/mol. The van der Waals surface area contributed by atoms with Crippen molar-refractivity contribution in [3.63, 3.8) is 0 Å². The van der Waals surface area contributed by atoms with Gasteiger partial charge in [-0.2, -0.15) is 0 Å². The Hall–Kier alpha value is -2.82. The summed E-state index contributed by atoms with van der Waals surface area (Å²) in [6.07, 6.45) is 0.914. The first-order valence-corrected chi connectivity index (χ1v) is 7.50. The standard InChI is InChI=1S/C18H20N2O3/c1-3-11-23-17-6-4-5-14(12-17)18(22)20-16-9-7-15(8-10-16)19-13(2)21/h4-10,12H,3,11H2,1-2H3,(H,19,21)(H,20,22). The van der Waals surface area contributed by atoms with Gasteiger partial charge in [0, 0.05) is 23.9 Å². The fraction of sp³-hybridized carbons (Fsp3) is 0.222. The van der Waals surface area contributed by atoms with Crippen LogP contribution in [0.2, 0.25) is 0 Å². The summed E-state index contributed by atoms with van der Waals surface area (Å²) in [6, 6.07) is 14.0. The number of hydrogen-bond donors (Lipinski definition) is 2. The summed E-state index contributed by atoms with van der Waals surface area (Å²) in [4.78, 5) is 23.2. The van der Waals surface area contributed by atoms with Gasteiger partial charge in [0.15, 0.2) is 0 Å². The number of carbonyl (C=O) groups excluding carboxylic acids is 2. The van der Waals surface area contributed by atoms with Crippen molar-refractivity contribution in [1.82, 2.24) is 0 Å². The van der Waals surface area contributed by atoms with Crippen molar-refractivity contribution in [3.05, 3.63) is 54.1 Å². The van der Waals surface area contributed by atoms with E-state index >= 15 is 0 Å². The predicted octanol–water partition coefficient (Wildman–Crippen LogP) is 3.69. The maximum Gasteiger partial charge on any atom is 0.255 e. The van der Waals surface area contributed by atoms with Crippen LogP contribution >= 0.6 is 0 Å². The lowest BCUT2D eigenvalue weighted by Gasteiger charge is -2.09. The van der Waals surface area contributed by atoms with E-state index in [1.54, 1.807) is 42.5 Å². The van der Waals surface area contributed by atoms with Crippen molar-refractivity contribution in [2.24, 2.45) is 0 Å². The second-order valence-electron chi connectivity index (χ2n) is 5.09. The largest absolute Gasteiger partial charge is 0.494 e. The molecule has 2 aromatic rings.